The maximum atomic E-state index is 10.3. The van der Waals surface area contributed by atoms with Gasteiger partial charge in [-0.3, -0.25) is 4.90 Å². The summed E-state index contributed by atoms with van der Waals surface area (Å²) in [4.78, 5) is 2.61. The van der Waals surface area contributed by atoms with Gasteiger partial charge in [0.2, 0.25) is 0 Å². The maximum absolute atomic E-state index is 10.3. The zero-order valence-corrected chi connectivity index (χ0v) is 14.9. The van der Waals surface area contributed by atoms with Crippen molar-refractivity contribution in [3.05, 3.63) is 42.5 Å². The predicted molar refractivity (Wildman–Crippen MR) is 102 cm³/mol. The van der Waals surface area contributed by atoms with Crippen LogP contribution in [0.2, 0.25) is 0 Å². The molecule has 1 saturated carbocycles. The van der Waals surface area contributed by atoms with Gasteiger partial charge in [0.05, 0.1) is 12.7 Å². The van der Waals surface area contributed by atoms with Crippen LogP contribution in [0.25, 0.3) is 10.8 Å². The minimum Gasteiger partial charge on any atom is -0.493 e. The average Bonchev–Trinajstić information content (AvgIpc) is 2.67. The first kappa shape index (κ1) is 16.9. The highest BCUT2D eigenvalue weighted by atomic mass is 16.5. The summed E-state index contributed by atoms with van der Waals surface area (Å²) in [6.07, 6.45) is 6.97. The Labute approximate surface area is 150 Å². The van der Waals surface area contributed by atoms with Crippen molar-refractivity contribution in [2.75, 3.05) is 19.7 Å². The number of nitrogens with zero attached hydrogens (tertiary/aromatic N) is 1. The number of fused-ring (bicyclic) bond motifs is 2. The van der Waals surface area contributed by atoms with Gasteiger partial charge >= 0.3 is 0 Å². The predicted octanol–water partition coefficient (Wildman–Crippen LogP) is 4.23. The van der Waals surface area contributed by atoms with Crippen molar-refractivity contribution in [2.45, 2.75) is 50.7 Å². The van der Waals surface area contributed by atoms with Crippen molar-refractivity contribution in [1.29, 1.82) is 0 Å². The van der Waals surface area contributed by atoms with Crippen molar-refractivity contribution in [3.8, 4) is 5.75 Å². The summed E-state index contributed by atoms with van der Waals surface area (Å²) in [5.41, 5.74) is 0. The molecule has 2 aromatic rings. The molecule has 1 heterocycles. The van der Waals surface area contributed by atoms with Crippen LogP contribution in [0.3, 0.4) is 0 Å². The molecule has 0 radical (unpaired) electrons. The second-order valence-corrected chi connectivity index (χ2v) is 7.59. The Morgan fingerprint density at radius 1 is 1.00 bits per heavy atom. The van der Waals surface area contributed by atoms with Crippen molar-refractivity contribution < 1.29 is 9.84 Å². The number of aliphatic hydroxyl groups is 1. The first-order valence-corrected chi connectivity index (χ1v) is 9.85. The number of hydrogen-bond acceptors (Lipinski definition) is 3. The largest absolute Gasteiger partial charge is 0.493 e. The molecule has 1 saturated heterocycles. The van der Waals surface area contributed by atoms with Gasteiger partial charge in [-0.2, -0.15) is 0 Å². The normalized spacial score (nSPS) is 27.2. The van der Waals surface area contributed by atoms with Crippen LogP contribution in [0, 0.1) is 5.92 Å². The van der Waals surface area contributed by atoms with Gasteiger partial charge in [0.25, 0.3) is 0 Å². The highest BCUT2D eigenvalue weighted by Gasteiger charge is 2.38. The highest BCUT2D eigenvalue weighted by Crippen LogP contribution is 2.35. The van der Waals surface area contributed by atoms with Crippen molar-refractivity contribution in [1.82, 2.24) is 4.90 Å². The number of hydrogen-bond donors (Lipinski definition) is 1. The molecule has 0 amide bonds. The van der Waals surface area contributed by atoms with Crippen LogP contribution < -0.4 is 4.74 Å². The minimum atomic E-state index is -0.0755. The second-order valence-electron chi connectivity index (χ2n) is 7.59. The van der Waals surface area contributed by atoms with Crippen LogP contribution in [0.4, 0.5) is 0 Å². The van der Waals surface area contributed by atoms with Gasteiger partial charge in [-0.1, -0.05) is 49.2 Å². The average molecular weight is 339 g/mol. The molecule has 1 aliphatic heterocycles. The number of rotatable bonds is 5. The van der Waals surface area contributed by atoms with E-state index in [2.05, 4.69) is 47.4 Å². The van der Waals surface area contributed by atoms with Crippen LogP contribution >= 0.6 is 0 Å². The Morgan fingerprint density at radius 2 is 1.84 bits per heavy atom. The molecule has 2 fully saturated rings. The van der Waals surface area contributed by atoms with Crippen LogP contribution in [0.15, 0.2) is 42.5 Å². The van der Waals surface area contributed by atoms with E-state index in [1.165, 1.54) is 36.5 Å². The first-order chi connectivity index (χ1) is 12.3. The molecule has 1 N–H and O–H groups in total. The van der Waals surface area contributed by atoms with Gasteiger partial charge < -0.3 is 9.84 Å². The van der Waals surface area contributed by atoms with E-state index < -0.39 is 0 Å². The van der Waals surface area contributed by atoms with E-state index in [1.54, 1.807) is 0 Å². The fourth-order valence-corrected chi connectivity index (χ4v) is 4.77. The Balaban J connectivity index is 1.32. The lowest BCUT2D eigenvalue weighted by atomic mass is 9.76. The third-order valence-electron chi connectivity index (χ3n) is 6.05. The van der Waals surface area contributed by atoms with Gasteiger partial charge in [0, 0.05) is 30.4 Å². The first-order valence-electron chi connectivity index (χ1n) is 9.85. The van der Waals surface area contributed by atoms with E-state index in [0.29, 0.717) is 12.0 Å². The van der Waals surface area contributed by atoms with Crippen LogP contribution in [0.1, 0.15) is 38.5 Å². The lowest BCUT2D eigenvalue weighted by Gasteiger charge is -2.46. The number of likely N-dealkylation sites (tertiary alicyclic amines) is 1. The molecule has 0 bridgehead atoms. The summed E-state index contributed by atoms with van der Waals surface area (Å²) in [6.45, 7) is 2.87. The molecule has 1 aliphatic carbocycles. The zero-order chi connectivity index (χ0) is 17.1. The van der Waals surface area contributed by atoms with Gasteiger partial charge in [-0.05, 0) is 37.1 Å². The fourth-order valence-electron chi connectivity index (χ4n) is 4.77. The maximum Gasteiger partial charge on any atom is 0.127 e. The molecule has 3 nitrogen and oxygen atoms in total. The summed E-state index contributed by atoms with van der Waals surface area (Å²) < 4.78 is 6.09. The van der Waals surface area contributed by atoms with Crippen molar-refractivity contribution in [2.24, 2.45) is 5.92 Å². The Bertz CT molecular complexity index is 696. The molecule has 25 heavy (non-hydrogen) atoms. The van der Waals surface area contributed by atoms with Crippen LogP contribution in [0.5, 0.6) is 5.75 Å². The molecule has 3 unspecified atom stereocenters. The monoisotopic (exact) mass is 339 g/mol. The van der Waals surface area contributed by atoms with E-state index >= 15 is 0 Å². The molecule has 0 aromatic heterocycles. The van der Waals surface area contributed by atoms with E-state index in [-0.39, 0.29) is 6.10 Å². The third kappa shape index (κ3) is 3.68. The second kappa shape index (κ2) is 7.76. The molecular weight excluding hydrogens is 310 g/mol. The molecule has 2 aromatic carbocycles. The van der Waals surface area contributed by atoms with Gasteiger partial charge in [-0.25, -0.2) is 0 Å². The van der Waals surface area contributed by atoms with E-state index in [1.807, 2.05) is 0 Å². The van der Waals surface area contributed by atoms with E-state index in [4.69, 9.17) is 4.74 Å². The Morgan fingerprint density at radius 3 is 2.80 bits per heavy atom. The molecular formula is C22H29NO2. The zero-order valence-electron chi connectivity index (χ0n) is 14.9. The highest BCUT2D eigenvalue weighted by molar-refractivity contribution is 5.88. The number of aliphatic hydroxyl groups excluding tert-OH is 1. The van der Waals surface area contributed by atoms with Gasteiger partial charge in [0.15, 0.2) is 0 Å². The number of benzene rings is 2. The Hall–Kier alpha value is -1.58. The standard InChI is InChI=1S/C22H29NO2/c24-21-13-15-23(20-11-4-3-10-19(20)21)14-6-16-25-22-12-5-8-17-7-1-2-9-18(17)22/h1-2,5,7-9,12,19-21,24H,3-4,6,10-11,13-16H2. The molecule has 3 heteroatoms. The molecule has 4 rings (SSSR count). The summed E-state index contributed by atoms with van der Waals surface area (Å²) in [6, 6.07) is 15.2. The molecule has 2 aliphatic rings. The van der Waals surface area contributed by atoms with Gasteiger partial charge in [0.1, 0.15) is 5.75 Å². The molecule has 134 valence electrons. The molecule has 0 spiro atoms. The van der Waals surface area contributed by atoms with E-state index in [0.717, 1.165) is 38.3 Å². The Kier molecular flexibility index (Phi) is 5.23. The van der Waals surface area contributed by atoms with Crippen LogP contribution in [-0.2, 0) is 0 Å². The lowest BCUT2D eigenvalue weighted by Crippen LogP contribution is -2.52. The number of ether oxygens (including phenoxy) is 1. The van der Waals surface area contributed by atoms with E-state index in [9.17, 15) is 5.11 Å². The smallest absolute Gasteiger partial charge is 0.127 e. The molecule has 3 atom stereocenters. The summed E-state index contributed by atoms with van der Waals surface area (Å²) in [5.74, 6) is 1.49. The fraction of sp³-hybridized carbons (Fsp3) is 0.545. The van der Waals surface area contributed by atoms with Crippen molar-refractivity contribution >= 4 is 10.8 Å². The third-order valence-corrected chi connectivity index (χ3v) is 6.05. The van der Waals surface area contributed by atoms with Crippen LogP contribution in [-0.4, -0.2) is 41.8 Å². The van der Waals surface area contributed by atoms with Gasteiger partial charge in [-0.15, -0.1) is 0 Å². The summed E-state index contributed by atoms with van der Waals surface area (Å²) >= 11 is 0. The summed E-state index contributed by atoms with van der Waals surface area (Å²) in [5, 5.41) is 12.7. The quantitative estimate of drug-likeness (QED) is 0.827. The lowest BCUT2D eigenvalue weighted by molar-refractivity contribution is -0.0369. The minimum absolute atomic E-state index is 0.0755. The SMILES string of the molecule is OC1CCN(CCCOc2cccc3ccccc23)C2CCCCC12. The summed E-state index contributed by atoms with van der Waals surface area (Å²) in [7, 11) is 0. The van der Waals surface area contributed by atoms with Crippen molar-refractivity contribution in [3.63, 3.8) is 0 Å². The topological polar surface area (TPSA) is 32.7 Å². The number of piperidine rings is 1.